The van der Waals surface area contributed by atoms with Gasteiger partial charge in [0.1, 0.15) is 0 Å². The molecule has 6 unspecified atom stereocenters. The van der Waals surface area contributed by atoms with E-state index in [1.165, 1.54) is 25.7 Å². The van der Waals surface area contributed by atoms with E-state index in [1.54, 1.807) is 0 Å². The molecule has 4 aliphatic carbocycles. The summed E-state index contributed by atoms with van der Waals surface area (Å²) in [4.78, 5) is 0. The van der Waals surface area contributed by atoms with Crippen molar-refractivity contribution in [2.45, 2.75) is 104 Å². The van der Waals surface area contributed by atoms with E-state index in [2.05, 4.69) is 27.7 Å². The third kappa shape index (κ3) is 5.40. The largest absolute Gasteiger partial charge is 0.475 e. The predicted octanol–water partition coefficient (Wildman–Crippen LogP) is 8.21. The van der Waals surface area contributed by atoms with E-state index in [1.807, 2.05) is 24.3 Å². The number of aliphatic hydroxyl groups excluding tert-OH is 2. The van der Waals surface area contributed by atoms with Crippen LogP contribution in [-0.2, 0) is 18.1 Å². The smallest absolute Gasteiger partial charge is 0.393 e. The first kappa shape index (κ1) is 30.6. The maximum absolute atomic E-state index is 13.3. The average Bonchev–Trinajstić information content (AvgIpc) is 3.29. The normalized spacial score (nSPS) is 48.6. The summed E-state index contributed by atoms with van der Waals surface area (Å²) in [5.41, 5.74) is 1.30. The highest BCUT2D eigenvalue weighted by molar-refractivity contribution is 7.48. The van der Waals surface area contributed by atoms with Gasteiger partial charge in [-0.05, 0) is 121 Å². The van der Waals surface area contributed by atoms with E-state index in [4.69, 9.17) is 25.2 Å². The molecule has 13 atom stereocenters. The van der Waals surface area contributed by atoms with Gasteiger partial charge in [-0.25, -0.2) is 4.57 Å². The molecule has 5 fully saturated rings. The van der Waals surface area contributed by atoms with Crippen LogP contribution >= 0.6 is 19.4 Å². The van der Waals surface area contributed by atoms with Crippen molar-refractivity contribution in [2.24, 2.45) is 52.3 Å². The van der Waals surface area contributed by atoms with Gasteiger partial charge in [0, 0.05) is 11.4 Å². The fourth-order valence-electron chi connectivity index (χ4n) is 10.7. The molecular weight excluding hydrogens is 559 g/mol. The van der Waals surface area contributed by atoms with Gasteiger partial charge in [0.05, 0.1) is 31.5 Å². The number of fused-ring (bicyclic) bond motifs is 5. The molecule has 1 saturated heterocycles. The van der Waals surface area contributed by atoms with Gasteiger partial charge in [0.25, 0.3) is 0 Å². The summed E-state index contributed by atoms with van der Waals surface area (Å²) in [5.74, 6) is 3.01. The van der Waals surface area contributed by atoms with E-state index in [-0.39, 0.29) is 35.1 Å². The monoisotopic (exact) mass is 608 g/mol. The molecule has 6 nitrogen and oxygen atoms in total. The summed E-state index contributed by atoms with van der Waals surface area (Å²) in [6.07, 6.45) is 8.11. The van der Waals surface area contributed by atoms with Crippen LogP contribution in [0.25, 0.3) is 0 Å². The maximum Gasteiger partial charge on any atom is 0.475 e. The molecule has 5 aliphatic rings. The fraction of sp³-hybridized carbons (Fsp3) is 0.818. The van der Waals surface area contributed by atoms with Crippen molar-refractivity contribution in [3.63, 3.8) is 0 Å². The second kappa shape index (κ2) is 11.5. The van der Waals surface area contributed by atoms with Crippen molar-refractivity contribution < 1.29 is 28.3 Å². The number of phosphoric acid groups is 1. The quantitative estimate of drug-likeness (QED) is 0.317. The molecule has 4 saturated carbocycles. The van der Waals surface area contributed by atoms with Crippen molar-refractivity contribution in [2.75, 3.05) is 13.2 Å². The standard InChI is InChI=1S/C33H50ClO6P/c1-20(12-16-38-41(37)39-17-13-29(40-41)22-6-5-7-23(34)18-22)25-8-9-26-30-27(11-15-32(25,26)3)33(4)14-10-24(35)19-28(33)21(2)31(30)36/h5-7,18,20-21,24-31,35-36H,8-17,19H2,1-4H3/t20-,21-,24-,25-,26?,27?,28?,29+,30?,31?,32-,33-,41?/m1/s1. The molecule has 2 N–H and O–H groups in total. The zero-order valence-corrected chi connectivity index (χ0v) is 26.9. The van der Waals surface area contributed by atoms with Crippen LogP contribution in [0.15, 0.2) is 24.3 Å². The van der Waals surface area contributed by atoms with Gasteiger partial charge in [-0.3, -0.25) is 13.6 Å². The Morgan fingerprint density at radius 2 is 1.83 bits per heavy atom. The third-order valence-corrected chi connectivity index (χ3v) is 14.6. The summed E-state index contributed by atoms with van der Waals surface area (Å²) >= 11 is 6.16. The minimum absolute atomic E-state index is 0.193. The number of hydrogen-bond acceptors (Lipinski definition) is 6. The lowest BCUT2D eigenvalue weighted by atomic mass is 9.42. The van der Waals surface area contributed by atoms with E-state index in [9.17, 15) is 14.8 Å². The Hall–Kier alpha value is -0.460. The highest BCUT2D eigenvalue weighted by atomic mass is 35.5. The molecular formula is C33H50ClO6P. The zero-order chi connectivity index (χ0) is 29.2. The second-order valence-electron chi connectivity index (χ2n) is 14.7. The highest BCUT2D eigenvalue weighted by Crippen LogP contribution is 2.69. The number of benzene rings is 1. The molecule has 1 aromatic rings. The van der Waals surface area contributed by atoms with Gasteiger partial charge in [0.2, 0.25) is 0 Å². The molecule has 41 heavy (non-hydrogen) atoms. The first-order valence-electron chi connectivity index (χ1n) is 16.1. The Balaban J connectivity index is 1.09. The lowest BCUT2D eigenvalue weighted by Crippen LogP contribution is -2.61. The molecule has 230 valence electrons. The summed E-state index contributed by atoms with van der Waals surface area (Å²) in [6, 6.07) is 7.47. The minimum atomic E-state index is -3.64. The first-order chi connectivity index (χ1) is 19.4. The SMILES string of the molecule is C[C@H]1C(O)C2C(CC[C@@]3(C)C2CC[C@@H]3[C@H](C)CCOP2(=O)OCC[C@@H](c3cccc(Cl)c3)O2)[C@@]2(C)CC[C@@H](O)CC12. The predicted molar refractivity (Wildman–Crippen MR) is 160 cm³/mol. The van der Waals surface area contributed by atoms with Crippen LogP contribution in [0.1, 0.15) is 97.1 Å². The van der Waals surface area contributed by atoms with Gasteiger partial charge in [0.15, 0.2) is 0 Å². The molecule has 0 radical (unpaired) electrons. The van der Waals surface area contributed by atoms with Crippen LogP contribution in [0, 0.1) is 52.3 Å². The summed E-state index contributed by atoms with van der Waals surface area (Å²) in [7, 11) is -3.64. The molecule has 1 aromatic carbocycles. The number of aliphatic hydroxyl groups is 2. The number of hydrogen-bond donors (Lipinski definition) is 2. The van der Waals surface area contributed by atoms with Crippen molar-refractivity contribution in [1.82, 2.24) is 0 Å². The minimum Gasteiger partial charge on any atom is -0.393 e. The average molecular weight is 609 g/mol. The molecule has 8 heteroatoms. The number of halogens is 1. The van der Waals surface area contributed by atoms with Crippen molar-refractivity contribution in [3.8, 4) is 0 Å². The molecule has 0 amide bonds. The Morgan fingerprint density at radius 1 is 1.07 bits per heavy atom. The van der Waals surface area contributed by atoms with Gasteiger partial charge in [-0.15, -0.1) is 0 Å². The summed E-state index contributed by atoms with van der Waals surface area (Å²) in [6.45, 7) is 10.2. The van der Waals surface area contributed by atoms with E-state index < -0.39 is 7.82 Å². The molecule has 0 aromatic heterocycles. The highest BCUT2D eigenvalue weighted by Gasteiger charge is 2.64. The third-order valence-electron chi connectivity index (χ3n) is 12.8. The van der Waals surface area contributed by atoms with Crippen LogP contribution in [0.4, 0.5) is 0 Å². The van der Waals surface area contributed by atoms with Gasteiger partial charge >= 0.3 is 7.82 Å². The molecule has 6 rings (SSSR count). The van der Waals surface area contributed by atoms with Crippen molar-refractivity contribution >= 4 is 19.4 Å². The molecule has 0 spiro atoms. The van der Waals surface area contributed by atoms with E-state index in [0.29, 0.717) is 60.2 Å². The van der Waals surface area contributed by atoms with Crippen LogP contribution in [0.2, 0.25) is 5.02 Å². The first-order valence-corrected chi connectivity index (χ1v) is 18.0. The fourth-order valence-corrected chi connectivity index (χ4v) is 12.3. The molecule has 0 bridgehead atoms. The maximum atomic E-state index is 13.3. The van der Waals surface area contributed by atoms with Crippen molar-refractivity contribution in [1.29, 1.82) is 0 Å². The second-order valence-corrected chi connectivity index (χ2v) is 16.8. The van der Waals surface area contributed by atoms with E-state index in [0.717, 1.165) is 31.2 Å². The van der Waals surface area contributed by atoms with Crippen LogP contribution in [-0.4, -0.2) is 35.6 Å². The van der Waals surface area contributed by atoms with E-state index >= 15 is 0 Å². The number of rotatable bonds is 6. The number of phosphoric ester groups is 1. The van der Waals surface area contributed by atoms with Crippen LogP contribution < -0.4 is 0 Å². The summed E-state index contributed by atoms with van der Waals surface area (Å²) in [5, 5.41) is 22.9. The summed E-state index contributed by atoms with van der Waals surface area (Å²) < 4.78 is 30.6. The van der Waals surface area contributed by atoms with Crippen LogP contribution in [0.3, 0.4) is 0 Å². The van der Waals surface area contributed by atoms with Gasteiger partial charge in [-0.1, -0.05) is 51.4 Å². The molecule has 1 heterocycles. The molecule has 1 aliphatic heterocycles. The Morgan fingerprint density at radius 3 is 2.61 bits per heavy atom. The van der Waals surface area contributed by atoms with Gasteiger partial charge in [-0.2, -0.15) is 0 Å². The lowest BCUT2D eigenvalue weighted by Gasteiger charge is -2.64. The Labute approximate surface area is 251 Å². The Kier molecular flexibility index (Phi) is 8.55. The van der Waals surface area contributed by atoms with Crippen LogP contribution in [0.5, 0.6) is 0 Å². The zero-order valence-electron chi connectivity index (χ0n) is 25.2. The Bertz CT molecular complexity index is 1150. The van der Waals surface area contributed by atoms with Crippen molar-refractivity contribution in [3.05, 3.63) is 34.9 Å². The van der Waals surface area contributed by atoms with Gasteiger partial charge < -0.3 is 10.2 Å². The lowest BCUT2D eigenvalue weighted by molar-refractivity contribution is -0.199. The topological polar surface area (TPSA) is 85.2 Å².